The Hall–Kier alpha value is -1.13. The van der Waals surface area contributed by atoms with Crippen molar-refractivity contribution in [2.24, 2.45) is 11.7 Å². The molecule has 1 rings (SSSR count). The molecular formula is C11H17ClN2O2. The van der Waals surface area contributed by atoms with E-state index < -0.39 is 0 Å². The molecule has 1 aromatic rings. The molecular weight excluding hydrogens is 228 g/mol. The molecule has 0 aliphatic heterocycles. The zero-order valence-corrected chi connectivity index (χ0v) is 10.1. The summed E-state index contributed by atoms with van der Waals surface area (Å²) in [7, 11) is 0. The van der Waals surface area contributed by atoms with Gasteiger partial charge < -0.3 is 5.73 Å². The first-order chi connectivity index (χ1) is 7.13. The quantitative estimate of drug-likeness (QED) is 0.639. The summed E-state index contributed by atoms with van der Waals surface area (Å²) in [6, 6.07) is 6.78. The summed E-state index contributed by atoms with van der Waals surface area (Å²) in [5, 5.41) is 10.6. The number of benzene rings is 1. The maximum atomic E-state index is 10.6. The van der Waals surface area contributed by atoms with Crippen LogP contribution in [0.3, 0.4) is 0 Å². The van der Waals surface area contributed by atoms with Crippen molar-refractivity contribution in [2.45, 2.75) is 19.8 Å². The highest BCUT2D eigenvalue weighted by atomic mass is 35.5. The average molecular weight is 245 g/mol. The second kappa shape index (κ2) is 7.19. The van der Waals surface area contributed by atoms with Gasteiger partial charge in [0.25, 0.3) is 5.69 Å². The predicted molar refractivity (Wildman–Crippen MR) is 66.9 cm³/mol. The average Bonchev–Trinajstić information content (AvgIpc) is 2.18. The fraction of sp³-hybridized carbons (Fsp3) is 0.455. The molecule has 0 saturated carbocycles. The van der Waals surface area contributed by atoms with Gasteiger partial charge in [-0.1, -0.05) is 19.1 Å². The van der Waals surface area contributed by atoms with Crippen LogP contribution < -0.4 is 5.73 Å². The number of nitro benzene ring substituents is 1. The summed E-state index contributed by atoms with van der Waals surface area (Å²) in [4.78, 5) is 10.2. The van der Waals surface area contributed by atoms with Gasteiger partial charge in [0, 0.05) is 12.1 Å². The Labute approximate surface area is 101 Å². The molecule has 0 aromatic heterocycles. The van der Waals surface area contributed by atoms with Crippen LogP contribution in [0.25, 0.3) is 0 Å². The van der Waals surface area contributed by atoms with E-state index in [1.807, 2.05) is 6.07 Å². The molecule has 0 fully saturated rings. The minimum Gasteiger partial charge on any atom is -0.330 e. The number of non-ortho nitro benzene ring substituents is 1. The van der Waals surface area contributed by atoms with E-state index in [2.05, 4.69) is 6.92 Å². The molecule has 0 aliphatic rings. The van der Waals surface area contributed by atoms with Crippen LogP contribution in [0.15, 0.2) is 24.3 Å². The predicted octanol–water partition coefficient (Wildman–Crippen LogP) is 2.54. The largest absolute Gasteiger partial charge is 0.330 e. The normalized spacial score (nSPS) is 11.6. The van der Waals surface area contributed by atoms with Crippen molar-refractivity contribution in [1.29, 1.82) is 0 Å². The van der Waals surface area contributed by atoms with Crippen LogP contribution in [0, 0.1) is 16.0 Å². The standard InChI is InChI=1S/C11H16N2O2.ClH/c1-9(5-6-12)7-10-3-2-4-11(8-10)13(14)15;/h2-4,8-9H,5-7,12H2,1H3;1H. The summed E-state index contributed by atoms with van der Waals surface area (Å²) in [5.74, 6) is 0.469. The zero-order valence-electron chi connectivity index (χ0n) is 9.26. The van der Waals surface area contributed by atoms with Crippen molar-refractivity contribution in [2.75, 3.05) is 6.54 Å². The van der Waals surface area contributed by atoms with Gasteiger partial charge in [0.1, 0.15) is 0 Å². The lowest BCUT2D eigenvalue weighted by Crippen LogP contribution is -2.08. The first-order valence-corrected chi connectivity index (χ1v) is 5.07. The van der Waals surface area contributed by atoms with Gasteiger partial charge in [-0.3, -0.25) is 10.1 Å². The molecule has 0 aliphatic carbocycles. The second-order valence-electron chi connectivity index (χ2n) is 3.81. The lowest BCUT2D eigenvalue weighted by atomic mass is 9.98. The fourth-order valence-electron chi connectivity index (χ4n) is 1.59. The minimum atomic E-state index is -0.364. The van der Waals surface area contributed by atoms with Crippen LogP contribution >= 0.6 is 12.4 Å². The highest BCUT2D eigenvalue weighted by molar-refractivity contribution is 5.85. The summed E-state index contributed by atoms with van der Waals surface area (Å²) >= 11 is 0. The van der Waals surface area contributed by atoms with Crippen molar-refractivity contribution in [3.8, 4) is 0 Å². The monoisotopic (exact) mass is 244 g/mol. The number of nitrogens with zero attached hydrogens (tertiary/aromatic N) is 1. The van der Waals surface area contributed by atoms with Gasteiger partial charge in [0.05, 0.1) is 4.92 Å². The number of nitro groups is 1. The molecule has 1 atom stereocenters. The second-order valence-corrected chi connectivity index (χ2v) is 3.81. The smallest absolute Gasteiger partial charge is 0.269 e. The molecule has 2 N–H and O–H groups in total. The SMILES string of the molecule is CC(CCN)Cc1cccc([N+](=O)[O-])c1.Cl. The van der Waals surface area contributed by atoms with Crippen LogP contribution in [0.1, 0.15) is 18.9 Å². The van der Waals surface area contributed by atoms with Gasteiger partial charge in [-0.25, -0.2) is 0 Å². The molecule has 0 saturated heterocycles. The van der Waals surface area contributed by atoms with E-state index in [0.717, 1.165) is 18.4 Å². The Balaban J connectivity index is 0.00000225. The molecule has 0 spiro atoms. The van der Waals surface area contributed by atoms with E-state index in [1.54, 1.807) is 12.1 Å². The number of halogens is 1. The zero-order chi connectivity index (χ0) is 11.3. The molecule has 0 amide bonds. The van der Waals surface area contributed by atoms with Gasteiger partial charge >= 0.3 is 0 Å². The fourth-order valence-corrected chi connectivity index (χ4v) is 1.59. The lowest BCUT2D eigenvalue weighted by molar-refractivity contribution is -0.384. The van der Waals surface area contributed by atoms with Crippen LogP contribution in [0.2, 0.25) is 0 Å². The van der Waals surface area contributed by atoms with Crippen molar-refractivity contribution >= 4 is 18.1 Å². The lowest BCUT2D eigenvalue weighted by Gasteiger charge is -2.09. The summed E-state index contributed by atoms with van der Waals surface area (Å²) in [6.07, 6.45) is 1.79. The summed E-state index contributed by atoms with van der Waals surface area (Å²) in [6.45, 7) is 2.77. The van der Waals surface area contributed by atoms with Crippen molar-refractivity contribution in [3.05, 3.63) is 39.9 Å². The van der Waals surface area contributed by atoms with E-state index in [9.17, 15) is 10.1 Å². The Morgan fingerprint density at radius 1 is 1.50 bits per heavy atom. The third-order valence-electron chi connectivity index (χ3n) is 2.37. The van der Waals surface area contributed by atoms with E-state index in [0.29, 0.717) is 12.5 Å². The van der Waals surface area contributed by atoms with Crippen molar-refractivity contribution in [3.63, 3.8) is 0 Å². The van der Waals surface area contributed by atoms with E-state index in [4.69, 9.17) is 5.73 Å². The molecule has 0 radical (unpaired) electrons. The van der Waals surface area contributed by atoms with E-state index in [1.165, 1.54) is 6.07 Å². The summed E-state index contributed by atoms with van der Waals surface area (Å²) in [5.41, 5.74) is 6.62. The molecule has 4 nitrogen and oxygen atoms in total. The van der Waals surface area contributed by atoms with Gasteiger partial charge in [-0.2, -0.15) is 0 Å². The van der Waals surface area contributed by atoms with Gasteiger partial charge in [-0.05, 0) is 30.9 Å². The van der Waals surface area contributed by atoms with E-state index in [-0.39, 0.29) is 23.0 Å². The first kappa shape index (κ1) is 14.9. The third-order valence-corrected chi connectivity index (χ3v) is 2.37. The minimum absolute atomic E-state index is 0. The molecule has 5 heteroatoms. The molecule has 0 bridgehead atoms. The maximum absolute atomic E-state index is 10.6. The first-order valence-electron chi connectivity index (χ1n) is 5.07. The van der Waals surface area contributed by atoms with E-state index >= 15 is 0 Å². The van der Waals surface area contributed by atoms with Crippen LogP contribution in [-0.4, -0.2) is 11.5 Å². The highest BCUT2D eigenvalue weighted by Crippen LogP contribution is 2.17. The highest BCUT2D eigenvalue weighted by Gasteiger charge is 2.08. The Morgan fingerprint density at radius 3 is 2.75 bits per heavy atom. The van der Waals surface area contributed by atoms with Gasteiger partial charge in [0.15, 0.2) is 0 Å². The number of nitrogens with two attached hydrogens (primary N) is 1. The topological polar surface area (TPSA) is 69.2 Å². The Kier molecular flexibility index (Phi) is 6.69. The van der Waals surface area contributed by atoms with Crippen molar-refractivity contribution < 1.29 is 4.92 Å². The molecule has 1 unspecified atom stereocenters. The number of hydrogen-bond acceptors (Lipinski definition) is 3. The van der Waals surface area contributed by atoms with Crippen LogP contribution in [0.5, 0.6) is 0 Å². The summed E-state index contributed by atoms with van der Waals surface area (Å²) < 4.78 is 0. The number of hydrogen-bond donors (Lipinski definition) is 1. The molecule has 1 aromatic carbocycles. The number of rotatable bonds is 5. The Morgan fingerprint density at radius 2 is 2.19 bits per heavy atom. The van der Waals surface area contributed by atoms with Crippen LogP contribution in [-0.2, 0) is 6.42 Å². The Bertz CT molecular complexity index is 345. The van der Waals surface area contributed by atoms with Crippen molar-refractivity contribution in [1.82, 2.24) is 0 Å². The molecule has 16 heavy (non-hydrogen) atoms. The maximum Gasteiger partial charge on any atom is 0.269 e. The van der Waals surface area contributed by atoms with Gasteiger partial charge in [-0.15, -0.1) is 12.4 Å². The molecule has 90 valence electrons. The van der Waals surface area contributed by atoms with Crippen LogP contribution in [0.4, 0.5) is 5.69 Å². The third kappa shape index (κ3) is 4.59. The molecule has 0 heterocycles. The van der Waals surface area contributed by atoms with Gasteiger partial charge in [0.2, 0.25) is 0 Å².